The summed E-state index contributed by atoms with van der Waals surface area (Å²) in [5.74, 6) is 0.414. The summed E-state index contributed by atoms with van der Waals surface area (Å²) in [6.07, 6.45) is 3.66. The van der Waals surface area contributed by atoms with E-state index in [0.717, 1.165) is 13.1 Å². The van der Waals surface area contributed by atoms with Crippen LogP contribution in [0.25, 0.3) is 11.2 Å². The third-order valence-electron chi connectivity index (χ3n) is 5.89. The molecule has 1 spiro atoms. The minimum Gasteiger partial charge on any atom is -0.336 e. The van der Waals surface area contributed by atoms with Crippen LogP contribution in [0.2, 0.25) is 0 Å². The zero-order chi connectivity index (χ0) is 16.9. The number of rotatable bonds is 2. The highest BCUT2D eigenvalue weighted by Crippen LogP contribution is 2.55. The van der Waals surface area contributed by atoms with E-state index in [0.29, 0.717) is 22.8 Å². The van der Waals surface area contributed by atoms with Crippen molar-refractivity contribution >= 4 is 17.1 Å². The number of pyridine rings is 1. The molecule has 2 aromatic heterocycles. The molecule has 0 bridgehead atoms. The maximum atomic E-state index is 13.0. The average molecular weight is 333 g/mol. The number of aromatic amines is 1. The standard InChI is InChI=1S/C19H19N5O/c25-18(16-8-7-15-17(20-16)22-23-21-15)24-11-14(13-5-2-1-3-6-13)19(12-24)9-4-10-19/h1-3,5-8,14H,4,9-12H2,(H,20,21,22,23). The molecule has 2 fully saturated rings. The van der Waals surface area contributed by atoms with Crippen molar-refractivity contribution in [1.29, 1.82) is 0 Å². The van der Waals surface area contributed by atoms with E-state index < -0.39 is 0 Å². The first-order chi connectivity index (χ1) is 12.3. The number of carbonyl (C=O) groups excluding carboxylic acids is 1. The summed E-state index contributed by atoms with van der Waals surface area (Å²) < 4.78 is 0. The van der Waals surface area contributed by atoms with Crippen molar-refractivity contribution in [3.05, 3.63) is 53.7 Å². The maximum Gasteiger partial charge on any atom is 0.272 e. The van der Waals surface area contributed by atoms with Crippen molar-refractivity contribution in [2.75, 3.05) is 13.1 Å². The van der Waals surface area contributed by atoms with Gasteiger partial charge in [0.15, 0.2) is 0 Å². The maximum absolute atomic E-state index is 13.0. The second-order valence-electron chi connectivity index (χ2n) is 7.23. The van der Waals surface area contributed by atoms with Gasteiger partial charge in [0, 0.05) is 19.0 Å². The van der Waals surface area contributed by atoms with Gasteiger partial charge in [0.2, 0.25) is 5.65 Å². The van der Waals surface area contributed by atoms with Gasteiger partial charge in [-0.2, -0.15) is 10.3 Å². The number of benzene rings is 1. The van der Waals surface area contributed by atoms with Crippen LogP contribution >= 0.6 is 0 Å². The molecule has 2 aliphatic rings. The third-order valence-corrected chi connectivity index (χ3v) is 5.89. The quantitative estimate of drug-likeness (QED) is 0.782. The van der Waals surface area contributed by atoms with E-state index in [1.807, 2.05) is 11.0 Å². The second-order valence-corrected chi connectivity index (χ2v) is 7.23. The molecule has 126 valence electrons. The summed E-state index contributed by atoms with van der Waals surface area (Å²) in [7, 11) is 0. The van der Waals surface area contributed by atoms with Crippen molar-refractivity contribution < 1.29 is 4.79 Å². The Morgan fingerprint density at radius 3 is 2.72 bits per heavy atom. The summed E-state index contributed by atoms with van der Waals surface area (Å²) in [6, 6.07) is 14.2. The lowest BCUT2D eigenvalue weighted by atomic mass is 9.61. The molecule has 1 aliphatic carbocycles. The Morgan fingerprint density at radius 1 is 1.12 bits per heavy atom. The molecular weight excluding hydrogens is 314 g/mol. The van der Waals surface area contributed by atoms with E-state index in [9.17, 15) is 4.79 Å². The first kappa shape index (κ1) is 14.6. The minimum absolute atomic E-state index is 0.00499. The zero-order valence-electron chi connectivity index (χ0n) is 13.9. The molecule has 3 aromatic rings. The molecule has 6 heteroatoms. The van der Waals surface area contributed by atoms with Gasteiger partial charge in [0.1, 0.15) is 11.2 Å². The monoisotopic (exact) mass is 333 g/mol. The molecular formula is C19H19N5O. The van der Waals surface area contributed by atoms with Crippen LogP contribution in [0.15, 0.2) is 42.5 Å². The fourth-order valence-electron chi connectivity index (χ4n) is 4.42. The summed E-state index contributed by atoms with van der Waals surface area (Å²) in [6.45, 7) is 1.59. The minimum atomic E-state index is -0.00499. The lowest BCUT2D eigenvalue weighted by molar-refractivity contribution is 0.0720. The number of nitrogens with zero attached hydrogens (tertiary/aromatic N) is 4. The predicted molar refractivity (Wildman–Crippen MR) is 93.1 cm³/mol. The topological polar surface area (TPSA) is 74.8 Å². The van der Waals surface area contributed by atoms with Crippen LogP contribution in [0.1, 0.15) is 41.2 Å². The Kier molecular flexibility index (Phi) is 3.13. The van der Waals surface area contributed by atoms with E-state index in [1.54, 1.807) is 12.1 Å². The molecule has 1 aromatic carbocycles. The molecule has 6 nitrogen and oxygen atoms in total. The number of likely N-dealkylation sites (tertiary alicyclic amines) is 1. The fourth-order valence-corrected chi connectivity index (χ4v) is 4.42. The third kappa shape index (κ3) is 2.24. The van der Waals surface area contributed by atoms with Crippen molar-refractivity contribution in [2.24, 2.45) is 5.41 Å². The van der Waals surface area contributed by atoms with Gasteiger partial charge in [0.05, 0.1) is 0 Å². The van der Waals surface area contributed by atoms with Crippen molar-refractivity contribution in [1.82, 2.24) is 25.3 Å². The Morgan fingerprint density at radius 2 is 1.96 bits per heavy atom. The number of carbonyl (C=O) groups is 1. The Hall–Kier alpha value is -2.76. The normalized spacial score (nSPS) is 21.6. The first-order valence-electron chi connectivity index (χ1n) is 8.77. The molecule has 1 saturated heterocycles. The summed E-state index contributed by atoms with van der Waals surface area (Å²) in [4.78, 5) is 19.4. The Bertz CT molecular complexity index is 931. The summed E-state index contributed by atoms with van der Waals surface area (Å²) in [5, 5.41) is 10.5. The number of nitrogens with one attached hydrogen (secondary N) is 1. The number of aromatic nitrogens is 4. The summed E-state index contributed by atoms with van der Waals surface area (Å²) >= 11 is 0. The molecule has 1 saturated carbocycles. The van der Waals surface area contributed by atoms with Gasteiger partial charge in [-0.1, -0.05) is 36.8 Å². The number of amides is 1. The van der Waals surface area contributed by atoms with E-state index in [2.05, 4.69) is 44.7 Å². The highest BCUT2D eigenvalue weighted by Gasteiger charge is 2.52. The van der Waals surface area contributed by atoms with Crippen LogP contribution < -0.4 is 0 Å². The summed E-state index contributed by atoms with van der Waals surface area (Å²) in [5.41, 5.74) is 3.20. The number of hydrogen-bond acceptors (Lipinski definition) is 4. The van der Waals surface area contributed by atoms with E-state index >= 15 is 0 Å². The first-order valence-corrected chi connectivity index (χ1v) is 8.77. The zero-order valence-corrected chi connectivity index (χ0v) is 13.9. The Labute approximate surface area is 145 Å². The van der Waals surface area contributed by atoms with E-state index in [4.69, 9.17) is 0 Å². The van der Waals surface area contributed by atoms with Crippen LogP contribution in [-0.2, 0) is 0 Å². The molecule has 0 radical (unpaired) electrons. The molecule has 5 rings (SSSR count). The van der Waals surface area contributed by atoms with Gasteiger partial charge in [-0.3, -0.25) is 4.79 Å². The van der Waals surface area contributed by atoms with Crippen molar-refractivity contribution in [3.63, 3.8) is 0 Å². The van der Waals surface area contributed by atoms with Crippen LogP contribution in [0, 0.1) is 5.41 Å². The highest BCUT2D eigenvalue weighted by molar-refractivity contribution is 5.94. The van der Waals surface area contributed by atoms with E-state index in [1.165, 1.54) is 24.8 Å². The second kappa shape index (κ2) is 5.37. The molecule has 1 N–H and O–H groups in total. The average Bonchev–Trinajstić information content (AvgIpc) is 3.25. The van der Waals surface area contributed by atoms with Crippen LogP contribution in [0.4, 0.5) is 0 Å². The van der Waals surface area contributed by atoms with Crippen LogP contribution in [0.5, 0.6) is 0 Å². The van der Waals surface area contributed by atoms with Gasteiger partial charge in [-0.05, 0) is 36.0 Å². The molecule has 1 unspecified atom stereocenters. The van der Waals surface area contributed by atoms with E-state index in [-0.39, 0.29) is 11.3 Å². The highest BCUT2D eigenvalue weighted by atomic mass is 16.2. The lowest BCUT2D eigenvalue weighted by Crippen LogP contribution is -2.37. The van der Waals surface area contributed by atoms with Gasteiger partial charge >= 0.3 is 0 Å². The molecule has 1 aliphatic heterocycles. The van der Waals surface area contributed by atoms with Crippen molar-refractivity contribution in [2.45, 2.75) is 25.2 Å². The Balaban J connectivity index is 1.45. The number of fused-ring (bicyclic) bond motifs is 1. The smallest absolute Gasteiger partial charge is 0.272 e. The van der Waals surface area contributed by atoms with Crippen LogP contribution in [-0.4, -0.2) is 44.3 Å². The molecule has 25 heavy (non-hydrogen) atoms. The lowest BCUT2D eigenvalue weighted by Gasteiger charge is -2.43. The molecule has 1 amide bonds. The van der Waals surface area contributed by atoms with Gasteiger partial charge in [0.25, 0.3) is 5.91 Å². The largest absolute Gasteiger partial charge is 0.336 e. The predicted octanol–water partition coefficient (Wildman–Crippen LogP) is 2.76. The van der Waals surface area contributed by atoms with Gasteiger partial charge in [-0.15, -0.1) is 5.10 Å². The molecule has 1 atom stereocenters. The fraction of sp³-hybridized carbons (Fsp3) is 0.368. The SMILES string of the molecule is O=C(c1ccc2n[nH]nc2n1)N1CC(c2ccccc2)C2(CCC2)C1. The van der Waals surface area contributed by atoms with Crippen LogP contribution in [0.3, 0.4) is 0 Å². The number of hydrogen-bond donors (Lipinski definition) is 1. The van der Waals surface area contributed by atoms with Crippen molar-refractivity contribution in [3.8, 4) is 0 Å². The van der Waals surface area contributed by atoms with Gasteiger partial charge in [-0.25, -0.2) is 4.98 Å². The van der Waals surface area contributed by atoms with Gasteiger partial charge < -0.3 is 4.90 Å². The number of H-pyrrole nitrogens is 1. The molecule has 3 heterocycles.